The first-order chi connectivity index (χ1) is 10.1. The van der Waals surface area contributed by atoms with Gasteiger partial charge >= 0.3 is 0 Å². The molecule has 0 amide bonds. The minimum atomic E-state index is -0.422. The smallest absolute Gasteiger partial charge is 0.275 e. The van der Waals surface area contributed by atoms with Crippen molar-refractivity contribution in [3.8, 4) is 5.75 Å². The molecule has 0 aliphatic heterocycles. The highest BCUT2D eigenvalue weighted by molar-refractivity contribution is 5.56. The van der Waals surface area contributed by atoms with Gasteiger partial charge in [-0.25, -0.2) is 0 Å². The van der Waals surface area contributed by atoms with Crippen LogP contribution in [0.2, 0.25) is 0 Å². The van der Waals surface area contributed by atoms with E-state index in [2.05, 4.69) is 24.4 Å². The van der Waals surface area contributed by atoms with Gasteiger partial charge in [0.1, 0.15) is 5.75 Å². The Bertz CT molecular complexity index is 614. The Morgan fingerprint density at radius 2 is 1.95 bits per heavy atom. The molecule has 110 valence electrons. The van der Waals surface area contributed by atoms with Crippen molar-refractivity contribution < 1.29 is 9.66 Å². The maximum absolute atomic E-state index is 10.9. The minimum Gasteiger partial charge on any atom is -0.496 e. The molecule has 2 rings (SSSR count). The monoisotopic (exact) mass is 286 g/mol. The number of hydrogen-bond donors (Lipinski definition) is 1. The summed E-state index contributed by atoms with van der Waals surface area (Å²) in [6.45, 7) is 2.80. The summed E-state index contributed by atoms with van der Waals surface area (Å²) in [6.07, 6.45) is 0. The van der Waals surface area contributed by atoms with Crippen molar-refractivity contribution in [1.29, 1.82) is 0 Å². The predicted molar refractivity (Wildman–Crippen MR) is 83.0 cm³/mol. The Labute approximate surface area is 123 Å². The highest BCUT2D eigenvalue weighted by Crippen LogP contribution is 2.26. The van der Waals surface area contributed by atoms with Crippen LogP contribution in [0.15, 0.2) is 48.5 Å². The summed E-state index contributed by atoms with van der Waals surface area (Å²) >= 11 is 0. The van der Waals surface area contributed by atoms with Gasteiger partial charge < -0.3 is 10.1 Å². The van der Waals surface area contributed by atoms with Gasteiger partial charge in [0.05, 0.1) is 18.1 Å². The molecule has 21 heavy (non-hydrogen) atoms. The summed E-state index contributed by atoms with van der Waals surface area (Å²) in [5.74, 6) is 0.774. The minimum absolute atomic E-state index is 0.0178. The van der Waals surface area contributed by atoms with Gasteiger partial charge in [0.15, 0.2) is 0 Å². The zero-order chi connectivity index (χ0) is 15.2. The summed E-state index contributed by atoms with van der Waals surface area (Å²) in [4.78, 5) is 10.5. The Morgan fingerprint density at radius 3 is 2.57 bits per heavy atom. The van der Waals surface area contributed by atoms with Crippen molar-refractivity contribution in [2.75, 3.05) is 19.0 Å². The van der Waals surface area contributed by atoms with E-state index in [0.717, 1.165) is 0 Å². The summed E-state index contributed by atoms with van der Waals surface area (Å²) in [5.41, 5.74) is 1.93. The number of anilines is 1. The molecule has 2 aromatic carbocycles. The average molecular weight is 286 g/mol. The van der Waals surface area contributed by atoms with Crippen LogP contribution in [0.1, 0.15) is 18.4 Å². The fraction of sp³-hybridized carbons (Fsp3) is 0.250. The van der Waals surface area contributed by atoms with E-state index in [1.165, 1.54) is 24.8 Å². The first-order valence-electron chi connectivity index (χ1n) is 6.72. The Balaban J connectivity index is 2.09. The molecule has 5 nitrogen and oxygen atoms in total. The van der Waals surface area contributed by atoms with Gasteiger partial charge in [0, 0.05) is 24.4 Å². The van der Waals surface area contributed by atoms with E-state index in [1.807, 2.05) is 18.2 Å². The topological polar surface area (TPSA) is 64.4 Å². The summed E-state index contributed by atoms with van der Waals surface area (Å²) in [7, 11) is 1.50. The van der Waals surface area contributed by atoms with Gasteiger partial charge in [-0.3, -0.25) is 10.1 Å². The molecule has 0 saturated heterocycles. The number of ether oxygens (including phenoxy) is 1. The number of hydrogen-bond acceptors (Lipinski definition) is 4. The van der Waals surface area contributed by atoms with Crippen molar-refractivity contribution in [2.24, 2.45) is 0 Å². The quantitative estimate of drug-likeness (QED) is 0.647. The first kappa shape index (κ1) is 14.8. The highest BCUT2D eigenvalue weighted by Gasteiger charge is 2.11. The van der Waals surface area contributed by atoms with Crippen LogP contribution in [-0.4, -0.2) is 18.6 Å². The van der Waals surface area contributed by atoms with Crippen molar-refractivity contribution in [3.05, 3.63) is 64.2 Å². The lowest BCUT2D eigenvalue weighted by Gasteiger charge is -2.14. The molecular weight excluding hydrogens is 268 g/mol. The van der Waals surface area contributed by atoms with E-state index >= 15 is 0 Å². The lowest BCUT2D eigenvalue weighted by molar-refractivity contribution is -0.384. The number of non-ortho nitro benzene ring substituents is 1. The predicted octanol–water partition coefficient (Wildman–Crippen LogP) is 3.82. The SMILES string of the molecule is COc1cc(NCC(C)c2ccccc2)cc([N+](=O)[O-])c1. The van der Waals surface area contributed by atoms with Crippen molar-refractivity contribution in [3.63, 3.8) is 0 Å². The van der Waals surface area contributed by atoms with Gasteiger partial charge in [0.2, 0.25) is 0 Å². The standard InChI is InChI=1S/C16H18N2O3/c1-12(13-6-4-3-5-7-13)11-17-14-8-15(18(19)20)10-16(9-14)21-2/h3-10,12,17H,11H2,1-2H3. The molecule has 2 aromatic rings. The first-order valence-corrected chi connectivity index (χ1v) is 6.72. The molecule has 0 aromatic heterocycles. The molecular formula is C16H18N2O3. The molecule has 0 saturated carbocycles. The third-order valence-electron chi connectivity index (χ3n) is 3.32. The maximum atomic E-state index is 10.9. The lowest BCUT2D eigenvalue weighted by Crippen LogP contribution is -2.10. The molecule has 1 atom stereocenters. The van der Waals surface area contributed by atoms with Crippen LogP contribution in [-0.2, 0) is 0 Å². The van der Waals surface area contributed by atoms with Gasteiger partial charge in [-0.1, -0.05) is 37.3 Å². The zero-order valence-corrected chi connectivity index (χ0v) is 12.1. The Morgan fingerprint density at radius 1 is 1.24 bits per heavy atom. The third kappa shape index (κ3) is 3.95. The average Bonchev–Trinajstić information content (AvgIpc) is 2.53. The molecule has 0 fully saturated rings. The van der Waals surface area contributed by atoms with Crippen molar-refractivity contribution in [1.82, 2.24) is 0 Å². The van der Waals surface area contributed by atoms with Crippen LogP contribution in [0.4, 0.5) is 11.4 Å². The van der Waals surface area contributed by atoms with Gasteiger partial charge in [-0.2, -0.15) is 0 Å². The Kier molecular flexibility index (Phi) is 4.77. The zero-order valence-electron chi connectivity index (χ0n) is 12.1. The summed E-state index contributed by atoms with van der Waals surface area (Å²) in [5, 5.41) is 14.1. The number of methoxy groups -OCH3 is 1. The molecule has 0 spiro atoms. The van der Waals surface area contributed by atoms with E-state index in [9.17, 15) is 10.1 Å². The number of nitro benzene ring substituents is 1. The largest absolute Gasteiger partial charge is 0.496 e. The van der Waals surface area contributed by atoms with Crippen LogP contribution in [0.3, 0.4) is 0 Å². The van der Waals surface area contributed by atoms with Gasteiger partial charge in [-0.15, -0.1) is 0 Å². The number of benzene rings is 2. The maximum Gasteiger partial charge on any atom is 0.275 e. The fourth-order valence-electron chi connectivity index (χ4n) is 2.08. The third-order valence-corrected chi connectivity index (χ3v) is 3.32. The highest BCUT2D eigenvalue weighted by atomic mass is 16.6. The molecule has 0 heterocycles. The molecule has 0 bridgehead atoms. The van der Waals surface area contributed by atoms with Crippen LogP contribution >= 0.6 is 0 Å². The van der Waals surface area contributed by atoms with E-state index in [-0.39, 0.29) is 5.69 Å². The van der Waals surface area contributed by atoms with E-state index in [0.29, 0.717) is 23.9 Å². The second-order valence-corrected chi connectivity index (χ2v) is 4.87. The van der Waals surface area contributed by atoms with Crippen LogP contribution < -0.4 is 10.1 Å². The molecule has 0 aliphatic rings. The summed E-state index contributed by atoms with van der Waals surface area (Å²) < 4.78 is 5.09. The lowest BCUT2D eigenvalue weighted by atomic mass is 10.0. The number of rotatable bonds is 6. The van der Waals surface area contributed by atoms with Crippen molar-refractivity contribution >= 4 is 11.4 Å². The van der Waals surface area contributed by atoms with E-state index in [1.54, 1.807) is 6.07 Å². The van der Waals surface area contributed by atoms with Gasteiger partial charge in [-0.05, 0) is 11.5 Å². The molecule has 0 aliphatic carbocycles. The van der Waals surface area contributed by atoms with E-state index < -0.39 is 4.92 Å². The number of nitro groups is 1. The second-order valence-electron chi connectivity index (χ2n) is 4.87. The second kappa shape index (κ2) is 6.74. The normalized spacial score (nSPS) is 11.7. The number of nitrogens with zero attached hydrogens (tertiary/aromatic N) is 1. The van der Waals surface area contributed by atoms with Crippen LogP contribution in [0.5, 0.6) is 5.75 Å². The van der Waals surface area contributed by atoms with Crippen molar-refractivity contribution in [2.45, 2.75) is 12.8 Å². The van der Waals surface area contributed by atoms with Crippen LogP contribution in [0.25, 0.3) is 0 Å². The Hall–Kier alpha value is -2.56. The van der Waals surface area contributed by atoms with Gasteiger partial charge in [0.25, 0.3) is 5.69 Å². The number of nitrogens with one attached hydrogen (secondary N) is 1. The fourth-order valence-corrected chi connectivity index (χ4v) is 2.08. The molecule has 5 heteroatoms. The summed E-state index contributed by atoms with van der Waals surface area (Å²) in [6, 6.07) is 14.8. The molecule has 0 radical (unpaired) electrons. The van der Waals surface area contributed by atoms with E-state index in [4.69, 9.17) is 4.74 Å². The molecule has 1 unspecified atom stereocenters. The molecule has 1 N–H and O–H groups in total. The van der Waals surface area contributed by atoms with Crippen LogP contribution in [0, 0.1) is 10.1 Å².